The van der Waals surface area contributed by atoms with Gasteiger partial charge in [-0.3, -0.25) is 0 Å². The van der Waals surface area contributed by atoms with Crippen molar-refractivity contribution in [1.29, 1.82) is 0 Å². The zero-order valence-electron chi connectivity index (χ0n) is 12.1. The first kappa shape index (κ1) is 13.6. The summed E-state index contributed by atoms with van der Waals surface area (Å²) in [5, 5.41) is 0. The van der Waals surface area contributed by atoms with E-state index in [-0.39, 0.29) is 0 Å². The van der Waals surface area contributed by atoms with Crippen molar-refractivity contribution in [3.05, 3.63) is 18.3 Å². The quantitative estimate of drug-likeness (QED) is 0.647. The van der Waals surface area contributed by atoms with Crippen molar-refractivity contribution in [1.82, 2.24) is 9.88 Å². The Labute approximate surface area is 121 Å². The molecule has 0 saturated carbocycles. The Bertz CT molecular complexity index is 422. The summed E-state index contributed by atoms with van der Waals surface area (Å²) in [6, 6.07) is 4.10. The van der Waals surface area contributed by atoms with Gasteiger partial charge in [0, 0.05) is 37.6 Å². The molecule has 5 heteroatoms. The van der Waals surface area contributed by atoms with Gasteiger partial charge in [-0.2, -0.15) is 0 Å². The number of piperidine rings is 1. The Morgan fingerprint density at radius 3 is 2.65 bits per heavy atom. The van der Waals surface area contributed by atoms with E-state index in [0.717, 1.165) is 24.8 Å². The number of nitrogen functional groups attached to an aromatic ring is 1. The second-order valence-corrected chi connectivity index (χ2v) is 5.98. The van der Waals surface area contributed by atoms with Crippen LogP contribution in [0.2, 0.25) is 0 Å². The van der Waals surface area contributed by atoms with Crippen molar-refractivity contribution >= 4 is 11.5 Å². The number of hydrogen-bond donors (Lipinski definition) is 2. The lowest BCUT2D eigenvalue weighted by Gasteiger charge is -2.35. The number of pyridine rings is 1. The van der Waals surface area contributed by atoms with Crippen LogP contribution in [0.5, 0.6) is 0 Å². The lowest BCUT2D eigenvalue weighted by Crippen LogP contribution is -2.38. The van der Waals surface area contributed by atoms with Crippen LogP contribution in [0.25, 0.3) is 0 Å². The smallest absolute Gasteiger partial charge is 0.141 e. The maximum absolute atomic E-state index is 5.43. The summed E-state index contributed by atoms with van der Waals surface area (Å²) in [6.07, 6.45) is 7.20. The fourth-order valence-electron chi connectivity index (χ4n) is 3.40. The van der Waals surface area contributed by atoms with Crippen LogP contribution < -0.4 is 16.2 Å². The number of nitrogens with two attached hydrogens (primary N) is 1. The van der Waals surface area contributed by atoms with Gasteiger partial charge in [0.25, 0.3) is 0 Å². The van der Waals surface area contributed by atoms with E-state index in [1.807, 2.05) is 12.3 Å². The second kappa shape index (κ2) is 6.41. The second-order valence-electron chi connectivity index (χ2n) is 5.98. The first-order chi connectivity index (χ1) is 9.85. The molecule has 0 unspecified atom stereocenters. The topological polar surface area (TPSA) is 57.4 Å². The molecule has 0 bridgehead atoms. The zero-order chi connectivity index (χ0) is 13.8. The van der Waals surface area contributed by atoms with Crippen molar-refractivity contribution < 1.29 is 0 Å². The number of rotatable bonds is 4. The molecule has 1 aromatic heterocycles. The molecule has 3 heterocycles. The fourth-order valence-corrected chi connectivity index (χ4v) is 3.40. The van der Waals surface area contributed by atoms with Crippen LogP contribution >= 0.6 is 0 Å². The Hall–Kier alpha value is -1.33. The predicted molar refractivity (Wildman–Crippen MR) is 82.7 cm³/mol. The van der Waals surface area contributed by atoms with E-state index >= 15 is 0 Å². The summed E-state index contributed by atoms with van der Waals surface area (Å²) in [4.78, 5) is 9.26. The van der Waals surface area contributed by atoms with Crippen LogP contribution in [0.1, 0.15) is 25.7 Å². The summed E-state index contributed by atoms with van der Waals surface area (Å²) >= 11 is 0. The molecule has 0 amide bonds. The molecule has 2 aliphatic heterocycles. The SMILES string of the molecule is NNc1cc(N2CCC(CN3CCCC3)CC2)ccn1. The monoisotopic (exact) mass is 275 g/mol. The number of nitrogens with one attached hydrogen (secondary N) is 1. The maximum Gasteiger partial charge on any atom is 0.141 e. The van der Waals surface area contributed by atoms with E-state index in [9.17, 15) is 0 Å². The molecular formula is C15H25N5. The highest BCUT2D eigenvalue weighted by molar-refractivity contribution is 5.53. The molecule has 110 valence electrons. The summed E-state index contributed by atoms with van der Waals surface area (Å²) in [6.45, 7) is 6.23. The van der Waals surface area contributed by atoms with E-state index in [1.165, 1.54) is 51.0 Å². The molecule has 0 aromatic carbocycles. The highest BCUT2D eigenvalue weighted by Gasteiger charge is 2.23. The van der Waals surface area contributed by atoms with E-state index in [4.69, 9.17) is 5.84 Å². The van der Waals surface area contributed by atoms with E-state index < -0.39 is 0 Å². The summed E-state index contributed by atoms with van der Waals surface area (Å²) in [5.74, 6) is 7.04. The van der Waals surface area contributed by atoms with Crippen molar-refractivity contribution in [2.75, 3.05) is 43.0 Å². The number of hydrogen-bond acceptors (Lipinski definition) is 5. The van der Waals surface area contributed by atoms with Crippen molar-refractivity contribution in [3.63, 3.8) is 0 Å². The van der Waals surface area contributed by atoms with Crippen LogP contribution in [-0.2, 0) is 0 Å². The number of likely N-dealkylation sites (tertiary alicyclic amines) is 1. The molecule has 20 heavy (non-hydrogen) atoms. The molecule has 2 saturated heterocycles. The lowest BCUT2D eigenvalue weighted by molar-refractivity contribution is 0.249. The maximum atomic E-state index is 5.43. The number of hydrazine groups is 1. The number of anilines is 2. The zero-order valence-corrected chi connectivity index (χ0v) is 12.1. The van der Waals surface area contributed by atoms with Gasteiger partial charge in [0.2, 0.25) is 0 Å². The van der Waals surface area contributed by atoms with E-state index in [1.54, 1.807) is 0 Å². The average Bonchev–Trinajstić information content (AvgIpc) is 3.01. The van der Waals surface area contributed by atoms with Gasteiger partial charge in [0.15, 0.2) is 0 Å². The van der Waals surface area contributed by atoms with Crippen LogP contribution in [0.15, 0.2) is 18.3 Å². The highest BCUT2D eigenvalue weighted by atomic mass is 15.3. The van der Waals surface area contributed by atoms with Crippen LogP contribution in [0, 0.1) is 5.92 Å². The summed E-state index contributed by atoms with van der Waals surface area (Å²) in [5.41, 5.74) is 3.85. The summed E-state index contributed by atoms with van der Waals surface area (Å²) in [7, 11) is 0. The third kappa shape index (κ3) is 3.22. The van der Waals surface area contributed by atoms with E-state index in [2.05, 4.69) is 26.3 Å². The summed E-state index contributed by atoms with van der Waals surface area (Å²) < 4.78 is 0. The minimum Gasteiger partial charge on any atom is -0.371 e. The highest BCUT2D eigenvalue weighted by Crippen LogP contribution is 2.25. The first-order valence-corrected chi connectivity index (χ1v) is 7.75. The van der Waals surface area contributed by atoms with Gasteiger partial charge in [-0.15, -0.1) is 0 Å². The Morgan fingerprint density at radius 2 is 1.95 bits per heavy atom. The molecule has 0 spiro atoms. The third-order valence-electron chi connectivity index (χ3n) is 4.59. The van der Waals surface area contributed by atoms with E-state index in [0.29, 0.717) is 0 Å². The van der Waals surface area contributed by atoms with Gasteiger partial charge in [-0.25, -0.2) is 10.8 Å². The van der Waals surface area contributed by atoms with Gasteiger partial charge >= 0.3 is 0 Å². The molecule has 0 atom stereocenters. The average molecular weight is 275 g/mol. The standard InChI is InChI=1S/C15H25N5/c16-18-15-11-14(3-6-17-15)20-9-4-13(5-10-20)12-19-7-1-2-8-19/h3,6,11,13H,1-2,4-5,7-10,12,16H2,(H,17,18). The van der Waals surface area contributed by atoms with Crippen LogP contribution in [0.4, 0.5) is 11.5 Å². The molecule has 3 rings (SSSR count). The molecule has 0 radical (unpaired) electrons. The fraction of sp³-hybridized carbons (Fsp3) is 0.667. The molecule has 3 N–H and O–H groups in total. The molecular weight excluding hydrogens is 250 g/mol. The molecule has 2 aliphatic rings. The Morgan fingerprint density at radius 1 is 1.20 bits per heavy atom. The van der Waals surface area contributed by atoms with Crippen molar-refractivity contribution in [2.45, 2.75) is 25.7 Å². The van der Waals surface area contributed by atoms with Gasteiger partial charge in [0.1, 0.15) is 5.82 Å². The van der Waals surface area contributed by atoms with Crippen molar-refractivity contribution in [2.24, 2.45) is 11.8 Å². The van der Waals surface area contributed by atoms with Crippen LogP contribution in [-0.4, -0.2) is 42.6 Å². The predicted octanol–water partition coefficient (Wildman–Crippen LogP) is 1.68. The Balaban J connectivity index is 1.52. The number of aromatic nitrogens is 1. The lowest BCUT2D eigenvalue weighted by atomic mass is 9.96. The molecule has 1 aromatic rings. The van der Waals surface area contributed by atoms with Gasteiger partial charge in [-0.1, -0.05) is 0 Å². The van der Waals surface area contributed by atoms with Gasteiger partial charge < -0.3 is 15.2 Å². The van der Waals surface area contributed by atoms with Crippen molar-refractivity contribution in [3.8, 4) is 0 Å². The Kier molecular flexibility index (Phi) is 4.38. The molecule has 5 nitrogen and oxygen atoms in total. The normalized spacial score (nSPS) is 21.4. The van der Waals surface area contributed by atoms with Crippen LogP contribution in [0.3, 0.4) is 0 Å². The van der Waals surface area contributed by atoms with Gasteiger partial charge in [-0.05, 0) is 50.8 Å². The first-order valence-electron chi connectivity index (χ1n) is 7.75. The minimum absolute atomic E-state index is 0.738. The molecule has 0 aliphatic carbocycles. The van der Waals surface area contributed by atoms with Gasteiger partial charge in [0.05, 0.1) is 0 Å². The molecule has 2 fully saturated rings. The third-order valence-corrected chi connectivity index (χ3v) is 4.59. The largest absolute Gasteiger partial charge is 0.371 e. The number of nitrogens with zero attached hydrogens (tertiary/aromatic N) is 3. The minimum atomic E-state index is 0.738.